The number of para-hydroxylation sites is 1. The second-order valence-corrected chi connectivity index (χ2v) is 10.8. The normalized spacial score (nSPS) is 30.5. The highest BCUT2D eigenvalue weighted by Gasteiger charge is 2.60. The predicted octanol–water partition coefficient (Wildman–Crippen LogP) is 5.17. The standard InChI is InChI=1S/C30H34N2O5/c1-3-29(19-36-28(34)37-29)17-21-16-22(27(33)35-2)25-30(23-12-7-8-13-24(23)31-25)14-9-15-32(26(21)30)18-20-10-5-4-6-11-20/h4-8,10-13,21,26,31H,3,9,14-19H2,1-2H3/t21-,26-,29-,30-/m0/s1. The third-order valence-corrected chi connectivity index (χ3v) is 8.93. The first-order valence-corrected chi connectivity index (χ1v) is 13.3. The van der Waals surface area contributed by atoms with E-state index >= 15 is 0 Å². The van der Waals surface area contributed by atoms with Gasteiger partial charge in [0.15, 0.2) is 0 Å². The number of hydrogen-bond acceptors (Lipinski definition) is 7. The average molecular weight is 503 g/mol. The zero-order valence-corrected chi connectivity index (χ0v) is 21.5. The Morgan fingerprint density at radius 2 is 1.95 bits per heavy atom. The van der Waals surface area contributed by atoms with Gasteiger partial charge in [-0.3, -0.25) is 4.90 Å². The topological polar surface area (TPSA) is 77.1 Å². The summed E-state index contributed by atoms with van der Waals surface area (Å²) in [7, 11) is 1.45. The highest BCUT2D eigenvalue weighted by Crippen LogP contribution is 2.59. The van der Waals surface area contributed by atoms with Crippen LogP contribution in [0.25, 0.3) is 0 Å². The summed E-state index contributed by atoms with van der Waals surface area (Å²) in [6.45, 7) is 4.08. The summed E-state index contributed by atoms with van der Waals surface area (Å²) in [6, 6.07) is 19.1. The van der Waals surface area contributed by atoms with Crippen LogP contribution in [0.5, 0.6) is 0 Å². The SMILES string of the molecule is CC[C@]1(C[C@@H]2CC(C(=O)OC)=C3Nc4ccccc4[C@@]34CCCN(Cc3ccccc3)[C@@H]24)COC(=O)O1. The lowest BCUT2D eigenvalue weighted by atomic mass is 9.57. The van der Waals surface area contributed by atoms with E-state index < -0.39 is 11.8 Å². The summed E-state index contributed by atoms with van der Waals surface area (Å²) in [5.74, 6) is -0.229. The van der Waals surface area contributed by atoms with Crippen molar-refractivity contribution in [2.45, 2.75) is 62.6 Å². The molecule has 4 atom stereocenters. The van der Waals surface area contributed by atoms with Gasteiger partial charge in [0.1, 0.15) is 12.2 Å². The number of benzene rings is 2. The summed E-state index contributed by atoms with van der Waals surface area (Å²) in [6.07, 6.45) is 3.19. The number of cyclic esters (lactones) is 2. The molecule has 4 aliphatic rings. The van der Waals surface area contributed by atoms with Gasteiger partial charge < -0.3 is 19.5 Å². The lowest BCUT2D eigenvalue weighted by molar-refractivity contribution is -0.137. The Balaban J connectivity index is 1.51. The first kappa shape index (κ1) is 24.0. The van der Waals surface area contributed by atoms with Gasteiger partial charge in [-0.2, -0.15) is 0 Å². The van der Waals surface area contributed by atoms with Crippen LogP contribution in [0.4, 0.5) is 10.5 Å². The van der Waals surface area contributed by atoms with Gasteiger partial charge in [-0.1, -0.05) is 55.5 Å². The predicted molar refractivity (Wildman–Crippen MR) is 139 cm³/mol. The van der Waals surface area contributed by atoms with Gasteiger partial charge in [0.25, 0.3) is 0 Å². The molecule has 2 aromatic carbocycles. The quantitative estimate of drug-likeness (QED) is 0.546. The minimum absolute atomic E-state index is 0.0595. The minimum Gasteiger partial charge on any atom is -0.466 e. The number of carbonyl (C=O) groups is 2. The van der Waals surface area contributed by atoms with E-state index in [0.717, 1.165) is 37.3 Å². The maximum atomic E-state index is 13.2. The van der Waals surface area contributed by atoms with Crippen molar-refractivity contribution in [3.05, 3.63) is 77.0 Å². The van der Waals surface area contributed by atoms with Crippen LogP contribution in [-0.2, 0) is 31.0 Å². The fourth-order valence-electron chi connectivity index (χ4n) is 7.42. The van der Waals surface area contributed by atoms with Crippen LogP contribution in [0.15, 0.2) is 65.9 Å². The number of fused-ring (bicyclic) bond motifs is 1. The van der Waals surface area contributed by atoms with Crippen molar-refractivity contribution in [1.29, 1.82) is 0 Å². The second-order valence-electron chi connectivity index (χ2n) is 10.8. The van der Waals surface area contributed by atoms with Crippen molar-refractivity contribution >= 4 is 17.8 Å². The molecule has 0 radical (unpaired) electrons. The Labute approximate surface area is 217 Å². The average Bonchev–Trinajstić information content (AvgIpc) is 3.46. The van der Waals surface area contributed by atoms with Gasteiger partial charge in [0.2, 0.25) is 0 Å². The van der Waals surface area contributed by atoms with Crippen LogP contribution in [0, 0.1) is 5.92 Å². The molecule has 3 aliphatic heterocycles. The van der Waals surface area contributed by atoms with E-state index in [4.69, 9.17) is 14.2 Å². The van der Waals surface area contributed by atoms with Crippen molar-refractivity contribution in [2.75, 3.05) is 25.6 Å². The lowest BCUT2D eigenvalue weighted by Gasteiger charge is -2.55. The van der Waals surface area contributed by atoms with Gasteiger partial charge in [-0.15, -0.1) is 0 Å². The number of nitrogens with one attached hydrogen (secondary N) is 1. The first-order chi connectivity index (χ1) is 18.0. The Bertz CT molecular complexity index is 1240. The molecule has 7 nitrogen and oxygen atoms in total. The van der Waals surface area contributed by atoms with Gasteiger partial charge in [-0.25, -0.2) is 9.59 Å². The van der Waals surface area contributed by atoms with E-state index in [2.05, 4.69) is 52.7 Å². The van der Waals surface area contributed by atoms with Crippen LogP contribution in [0.3, 0.4) is 0 Å². The van der Waals surface area contributed by atoms with Crippen LogP contribution in [-0.4, -0.2) is 48.9 Å². The molecule has 0 saturated carbocycles. The van der Waals surface area contributed by atoms with Crippen LogP contribution in [0.1, 0.15) is 50.2 Å². The Hall–Kier alpha value is -3.32. The number of likely N-dealkylation sites (tertiary alicyclic amines) is 1. The number of rotatable bonds is 6. The number of esters is 1. The molecule has 1 spiro atoms. The van der Waals surface area contributed by atoms with E-state index in [9.17, 15) is 9.59 Å². The van der Waals surface area contributed by atoms with Gasteiger partial charge in [-0.05, 0) is 61.8 Å². The zero-order chi connectivity index (χ0) is 25.6. The van der Waals surface area contributed by atoms with E-state index in [1.165, 1.54) is 18.2 Å². The third-order valence-electron chi connectivity index (χ3n) is 8.93. The Morgan fingerprint density at radius 1 is 1.16 bits per heavy atom. The van der Waals surface area contributed by atoms with Crippen molar-refractivity contribution in [2.24, 2.45) is 5.92 Å². The fourth-order valence-corrected chi connectivity index (χ4v) is 7.42. The maximum Gasteiger partial charge on any atom is 0.509 e. The van der Waals surface area contributed by atoms with Crippen LogP contribution < -0.4 is 5.32 Å². The monoisotopic (exact) mass is 502 g/mol. The molecule has 2 saturated heterocycles. The van der Waals surface area contributed by atoms with E-state index in [1.54, 1.807) is 0 Å². The number of piperidine rings is 1. The first-order valence-electron chi connectivity index (χ1n) is 13.3. The summed E-state index contributed by atoms with van der Waals surface area (Å²) in [5.41, 5.74) is 4.21. The number of hydrogen-bond donors (Lipinski definition) is 1. The highest BCUT2D eigenvalue weighted by molar-refractivity contribution is 5.92. The summed E-state index contributed by atoms with van der Waals surface area (Å²) in [4.78, 5) is 27.9. The maximum absolute atomic E-state index is 13.2. The van der Waals surface area contributed by atoms with Gasteiger partial charge >= 0.3 is 12.1 Å². The zero-order valence-electron chi connectivity index (χ0n) is 21.5. The fraction of sp³-hybridized carbons (Fsp3) is 0.467. The third kappa shape index (κ3) is 3.82. The summed E-state index contributed by atoms with van der Waals surface area (Å²) < 4.78 is 16.4. The second kappa shape index (κ2) is 9.21. The largest absolute Gasteiger partial charge is 0.509 e. The van der Waals surface area contributed by atoms with Gasteiger partial charge in [0.05, 0.1) is 18.1 Å². The van der Waals surface area contributed by atoms with Crippen LogP contribution in [0.2, 0.25) is 0 Å². The molecule has 7 heteroatoms. The van der Waals surface area contributed by atoms with Crippen molar-refractivity contribution in [1.82, 2.24) is 4.90 Å². The highest BCUT2D eigenvalue weighted by atomic mass is 16.8. The molecular formula is C30H34N2O5. The Kier molecular flexibility index (Phi) is 5.98. The van der Waals surface area contributed by atoms with Crippen LogP contribution >= 0.6 is 0 Å². The van der Waals surface area contributed by atoms with Crippen molar-refractivity contribution < 1.29 is 23.8 Å². The molecule has 0 unspecified atom stereocenters. The molecule has 2 fully saturated rings. The van der Waals surface area contributed by atoms with E-state index in [1.807, 2.05) is 19.1 Å². The molecule has 6 rings (SSSR count). The molecule has 2 aromatic rings. The molecule has 0 aromatic heterocycles. The number of anilines is 1. The van der Waals surface area contributed by atoms with Crippen molar-refractivity contribution in [3.8, 4) is 0 Å². The van der Waals surface area contributed by atoms with E-state index in [0.29, 0.717) is 24.8 Å². The summed E-state index contributed by atoms with van der Waals surface area (Å²) in [5, 5.41) is 3.66. The molecule has 1 aliphatic carbocycles. The Morgan fingerprint density at radius 3 is 2.68 bits per heavy atom. The smallest absolute Gasteiger partial charge is 0.466 e. The number of methoxy groups -OCH3 is 1. The number of nitrogens with zero attached hydrogens (tertiary/aromatic N) is 1. The summed E-state index contributed by atoms with van der Waals surface area (Å²) >= 11 is 0. The molecule has 0 amide bonds. The molecular weight excluding hydrogens is 468 g/mol. The van der Waals surface area contributed by atoms with E-state index in [-0.39, 0.29) is 30.0 Å². The minimum atomic E-state index is -0.691. The molecule has 3 heterocycles. The molecule has 37 heavy (non-hydrogen) atoms. The molecule has 194 valence electrons. The molecule has 1 N–H and O–H groups in total. The molecule has 0 bridgehead atoms. The van der Waals surface area contributed by atoms with Crippen molar-refractivity contribution in [3.63, 3.8) is 0 Å². The van der Waals surface area contributed by atoms with Gasteiger partial charge in [0, 0.05) is 24.0 Å². The lowest BCUT2D eigenvalue weighted by Crippen LogP contribution is -2.61. The number of carbonyl (C=O) groups excluding carboxylic acids is 2. The number of ether oxygens (including phenoxy) is 3.